The number of carbonyl (C=O) groups is 2. The number of amides is 2. The lowest BCUT2D eigenvalue weighted by atomic mass is 10.0. The predicted molar refractivity (Wildman–Crippen MR) is 118 cm³/mol. The van der Waals surface area contributed by atoms with Crippen molar-refractivity contribution in [1.82, 2.24) is 4.90 Å². The molecule has 0 N–H and O–H groups in total. The Kier molecular flexibility index (Phi) is 5.43. The second-order valence-electron chi connectivity index (χ2n) is 8.13. The van der Waals surface area contributed by atoms with E-state index in [0.717, 1.165) is 16.7 Å². The van der Waals surface area contributed by atoms with Gasteiger partial charge < -0.3 is 9.64 Å². The highest BCUT2D eigenvalue weighted by molar-refractivity contribution is 6.45. The largest absolute Gasteiger partial charge is 0.372 e. The summed E-state index contributed by atoms with van der Waals surface area (Å²) in [5, 5.41) is 0.568. The Morgan fingerprint density at radius 2 is 1.57 bits per heavy atom. The lowest BCUT2D eigenvalue weighted by molar-refractivity contribution is -0.121. The van der Waals surface area contributed by atoms with Crippen molar-refractivity contribution in [2.75, 3.05) is 18.0 Å². The third-order valence-electron chi connectivity index (χ3n) is 5.54. The molecule has 2 heterocycles. The van der Waals surface area contributed by atoms with E-state index in [9.17, 15) is 9.59 Å². The molecule has 2 unspecified atom stereocenters. The van der Waals surface area contributed by atoms with Crippen molar-refractivity contribution in [2.45, 2.75) is 39.9 Å². The average molecular weight is 425 g/mol. The highest BCUT2D eigenvalue weighted by atomic mass is 35.5. The van der Waals surface area contributed by atoms with Crippen LogP contribution < -0.4 is 4.90 Å². The maximum atomic E-state index is 13.6. The molecule has 2 aromatic rings. The molecule has 2 aliphatic heterocycles. The summed E-state index contributed by atoms with van der Waals surface area (Å²) in [7, 11) is 0. The van der Waals surface area contributed by atoms with Gasteiger partial charge in [0.1, 0.15) is 5.70 Å². The van der Waals surface area contributed by atoms with Crippen LogP contribution in [0.3, 0.4) is 0 Å². The summed E-state index contributed by atoms with van der Waals surface area (Å²) < 4.78 is 5.85. The van der Waals surface area contributed by atoms with Gasteiger partial charge in [-0.1, -0.05) is 41.4 Å². The standard InChI is InChI=1S/C24H25ClN2O3/c1-14-5-7-18(8-6-14)21-22(26-12-16(3)30-17(4)13-26)24(29)27(23(21)28)20-10-9-19(25)11-15(20)2/h5-11,16-17H,12-13H2,1-4H3. The summed E-state index contributed by atoms with van der Waals surface area (Å²) in [5.41, 5.74) is 4.06. The number of carbonyl (C=O) groups excluding carboxylic acids is 2. The van der Waals surface area contributed by atoms with E-state index in [4.69, 9.17) is 16.3 Å². The number of imide groups is 1. The molecule has 0 aliphatic carbocycles. The number of hydrogen-bond acceptors (Lipinski definition) is 4. The first-order valence-electron chi connectivity index (χ1n) is 10.1. The normalized spacial score (nSPS) is 22.3. The molecule has 1 fully saturated rings. The summed E-state index contributed by atoms with van der Waals surface area (Å²) in [6.07, 6.45) is -0.0653. The maximum absolute atomic E-state index is 13.6. The van der Waals surface area contributed by atoms with E-state index in [2.05, 4.69) is 0 Å². The number of aryl methyl sites for hydroxylation is 2. The van der Waals surface area contributed by atoms with Gasteiger partial charge in [-0.2, -0.15) is 0 Å². The number of hydrogen-bond donors (Lipinski definition) is 0. The second-order valence-corrected chi connectivity index (χ2v) is 8.56. The van der Waals surface area contributed by atoms with Crippen LogP contribution in [0.2, 0.25) is 5.02 Å². The van der Waals surface area contributed by atoms with Crippen LogP contribution in [-0.2, 0) is 14.3 Å². The predicted octanol–water partition coefficient (Wildman–Crippen LogP) is 4.35. The molecule has 2 aliphatic rings. The van der Waals surface area contributed by atoms with E-state index >= 15 is 0 Å². The smallest absolute Gasteiger partial charge is 0.282 e. The molecule has 4 rings (SSSR count). The quantitative estimate of drug-likeness (QED) is 0.687. The zero-order chi connectivity index (χ0) is 21.6. The fourth-order valence-electron chi connectivity index (χ4n) is 4.24. The molecule has 2 amide bonds. The first-order valence-corrected chi connectivity index (χ1v) is 10.5. The molecular formula is C24H25ClN2O3. The molecule has 156 valence electrons. The Balaban J connectivity index is 1.85. The van der Waals surface area contributed by atoms with Gasteiger partial charge in [0.25, 0.3) is 11.8 Å². The number of rotatable bonds is 3. The molecule has 0 bridgehead atoms. The fraction of sp³-hybridized carbons (Fsp3) is 0.333. The number of nitrogens with zero attached hydrogens (tertiary/aromatic N) is 2. The van der Waals surface area contributed by atoms with E-state index in [1.807, 2.05) is 56.9 Å². The highest BCUT2D eigenvalue weighted by Crippen LogP contribution is 2.37. The van der Waals surface area contributed by atoms with Crippen molar-refractivity contribution in [3.8, 4) is 0 Å². The number of anilines is 1. The van der Waals surface area contributed by atoms with Gasteiger partial charge in [-0.3, -0.25) is 9.59 Å². The lowest BCUT2D eigenvalue weighted by Crippen LogP contribution is -2.47. The van der Waals surface area contributed by atoms with Gasteiger partial charge in [0.2, 0.25) is 0 Å². The first kappa shape index (κ1) is 20.6. The maximum Gasteiger partial charge on any atom is 0.282 e. The van der Waals surface area contributed by atoms with E-state index in [0.29, 0.717) is 35.1 Å². The second kappa shape index (κ2) is 7.89. The van der Waals surface area contributed by atoms with Crippen LogP contribution in [0.15, 0.2) is 48.2 Å². The number of benzene rings is 2. The lowest BCUT2D eigenvalue weighted by Gasteiger charge is -2.37. The van der Waals surface area contributed by atoms with Gasteiger partial charge in [-0.15, -0.1) is 0 Å². The Labute approximate surface area is 181 Å². The van der Waals surface area contributed by atoms with Crippen LogP contribution >= 0.6 is 11.6 Å². The molecule has 2 aromatic carbocycles. The first-order chi connectivity index (χ1) is 14.3. The van der Waals surface area contributed by atoms with Gasteiger partial charge in [-0.25, -0.2) is 4.90 Å². The minimum atomic E-state index is -0.309. The van der Waals surface area contributed by atoms with Crippen molar-refractivity contribution in [3.05, 3.63) is 69.9 Å². The molecule has 0 spiro atoms. The van der Waals surface area contributed by atoms with Gasteiger partial charge in [0.05, 0.1) is 23.5 Å². The summed E-state index contributed by atoms with van der Waals surface area (Å²) in [4.78, 5) is 30.5. The molecule has 2 atom stereocenters. The monoisotopic (exact) mass is 424 g/mol. The number of ether oxygens (including phenoxy) is 1. The Morgan fingerprint density at radius 3 is 2.17 bits per heavy atom. The SMILES string of the molecule is Cc1ccc(C2=C(N3CC(C)OC(C)C3)C(=O)N(c3ccc(Cl)cc3C)C2=O)cc1. The summed E-state index contributed by atoms with van der Waals surface area (Å²) in [5.74, 6) is -0.613. The van der Waals surface area contributed by atoms with Crippen LogP contribution in [0.1, 0.15) is 30.5 Å². The van der Waals surface area contributed by atoms with Crippen molar-refractivity contribution in [1.29, 1.82) is 0 Å². The summed E-state index contributed by atoms with van der Waals surface area (Å²) in [6.45, 7) is 8.93. The van der Waals surface area contributed by atoms with E-state index in [-0.39, 0.29) is 24.0 Å². The number of morpholine rings is 1. The van der Waals surface area contributed by atoms with Crippen LogP contribution in [-0.4, -0.2) is 42.0 Å². The Hall–Kier alpha value is -2.63. The molecule has 5 nitrogen and oxygen atoms in total. The fourth-order valence-corrected chi connectivity index (χ4v) is 4.47. The minimum absolute atomic E-state index is 0.0327. The molecule has 6 heteroatoms. The Morgan fingerprint density at radius 1 is 0.933 bits per heavy atom. The zero-order valence-electron chi connectivity index (χ0n) is 17.6. The molecule has 0 aromatic heterocycles. The highest BCUT2D eigenvalue weighted by Gasteiger charge is 2.44. The topological polar surface area (TPSA) is 49.9 Å². The minimum Gasteiger partial charge on any atom is -0.372 e. The van der Waals surface area contributed by atoms with E-state index in [1.165, 1.54) is 4.90 Å². The summed E-state index contributed by atoms with van der Waals surface area (Å²) >= 11 is 6.10. The van der Waals surface area contributed by atoms with Crippen LogP contribution in [0, 0.1) is 13.8 Å². The average Bonchev–Trinajstić information content (AvgIpc) is 2.92. The van der Waals surface area contributed by atoms with Crippen molar-refractivity contribution >= 4 is 34.7 Å². The Bertz CT molecular complexity index is 1030. The van der Waals surface area contributed by atoms with E-state index < -0.39 is 0 Å². The molecule has 0 saturated carbocycles. The molecular weight excluding hydrogens is 400 g/mol. The summed E-state index contributed by atoms with van der Waals surface area (Å²) in [6, 6.07) is 12.9. The van der Waals surface area contributed by atoms with Crippen molar-refractivity contribution in [2.24, 2.45) is 0 Å². The van der Waals surface area contributed by atoms with Crippen LogP contribution in [0.5, 0.6) is 0 Å². The zero-order valence-corrected chi connectivity index (χ0v) is 18.4. The van der Waals surface area contributed by atoms with Crippen molar-refractivity contribution < 1.29 is 14.3 Å². The molecule has 0 radical (unpaired) electrons. The third-order valence-corrected chi connectivity index (χ3v) is 5.77. The van der Waals surface area contributed by atoms with E-state index in [1.54, 1.807) is 18.2 Å². The number of halogens is 1. The van der Waals surface area contributed by atoms with Gasteiger partial charge in [0, 0.05) is 18.1 Å². The third kappa shape index (κ3) is 3.64. The van der Waals surface area contributed by atoms with Gasteiger partial charge in [0.15, 0.2) is 0 Å². The van der Waals surface area contributed by atoms with Gasteiger partial charge in [-0.05, 0) is 57.0 Å². The molecule has 1 saturated heterocycles. The van der Waals surface area contributed by atoms with Gasteiger partial charge >= 0.3 is 0 Å². The van der Waals surface area contributed by atoms with Crippen LogP contribution in [0.4, 0.5) is 5.69 Å². The van der Waals surface area contributed by atoms with Crippen molar-refractivity contribution in [3.63, 3.8) is 0 Å². The molecule has 30 heavy (non-hydrogen) atoms. The van der Waals surface area contributed by atoms with Crippen LogP contribution in [0.25, 0.3) is 5.57 Å².